The van der Waals surface area contributed by atoms with Crippen molar-refractivity contribution in [3.8, 4) is 0 Å². The fraction of sp³-hybridized carbons (Fsp3) is 0.857. The summed E-state index contributed by atoms with van der Waals surface area (Å²) in [6, 6.07) is 0. The van der Waals surface area contributed by atoms with Crippen LogP contribution < -0.4 is 0 Å². The van der Waals surface area contributed by atoms with Gasteiger partial charge in [0.2, 0.25) is 5.60 Å². The molecule has 11 nitrogen and oxygen atoms in total. The number of ether oxygens (including phenoxy) is 2. The number of hydrogen-bond donors (Lipinski definition) is 7. The Bertz CT molecular complexity index is 499. The Kier molecular flexibility index (Phi) is 6.51. The molecule has 0 radical (unpaired) electrons. The minimum Gasteiger partial charge on any atom is -0.479 e. The number of hydrogen-bond acceptors (Lipinski definition) is 9. The number of carboxylic acids is 2. The highest BCUT2D eigenvalue weighted by atomic mass is 16.7. The van der Waals surface area contributed by atoms with Crippen molar-refractivity contribution in [2.75, 3.05) is 6.61 Å². The average Bonchev–Trinajstić information content (AvgIpc) is 2.49. The summed E-state index contributed by atoms with van der Waals surface area (Å²) in [4.78, 5) is 23.1. The maximum absolute atomic E-state index is 11.8. The zero-order valence-electron chi connectivity index (χ0n) is 13.9. The van der Waals surface area contributed by atoms with E-state index in [2.05, 4.69) is 0 Å². The highest BCUT2D eigenvalue weighted by Crippen LogP contribution is 2.40. The predicted molar refractivity (Wildman–Crippen MR) is 78.3 cm³/mol. The number of aliphatic hydroxyl groups excluding tert-OH is 5. The zero-order valence-corrected chi connectivity index (χ0v) is 13.9. The lowest BCUT2D eigenvalue weighted by Crippen LogP contribution is -2.68. The van der Waals surface area contributed by atoms with Gasteiger partial charge >= 0.3 is 11.9 Å². The topological polar surface area (TPSA) is 194 Å². The molecule has 1 saturated heterocycles. The molecule has 0 spiro atoms. The Morgan fingerprint density at radius 3 is 1.96 bits per heavy atom. The van der Waals surface area contributed by atoms with E-state index in [4.69, 9.17) is 19.7 Å². The fourth-order valence-electron chi connectivity index (χ4n) is 2.66. The molecule has 1 rings (SSSR count). The summed E-state index contributed by atoms with van der Waals surface area (Å²) < 4.78 is 10.3. The quantitative estimate of drug-likeness (QED) is 0.254. The molecule has 1 fully saturated rings. The van der Waals surface area contributed by atoms with Gasteiger partial charge in [-0.1, -0.05) is 20.8 Å². The predicted octanol–water partition coefficient (Wildman–Crippen LogP) is -2.88. The van der Waals surface area contributed by atoms with Crippen molar-refractivity contribution < 1.29 is 54.8 Å². The normalized spacial score (nSPS) is 34.2. The van der Waals surface area contributed by atoms with Gasteiger partial charge in [0.05, 0.1) is 6.61 Å². The third kappa shape index (κ3) is 3.77. The van der Waals surface area contributed by atoms with E-state index in [9.17, 15) is 35.1 Å². The van der Waals surface area contributed by atoms with Crippen molar-refractivity contribution in [2.24, 2.45) is 5.41 Å². The van der Waals surface area contributed by atoms with Crippen molar-refractivity contribution in [1.29, 1.82) is 0 Å². The molecular formula is C14H24O11. The van der Waals surface area contributed by atoms with Gasteiger partial charge in [0.15, 0.2) is 12.4 Å². The Morgan fingerprint density at radius 1 is 1.08 bits per heavy atom. The molecule has 7 N–H and O–H groups in total. The van der Waals surface area contributed by atoms with Crippen LogP contribution in [0.15, 0.2) is 0 Å². The summed E-state index contributed by atoms with van der Waals surface area (Å²) in [5.74, 6) is -3.73. The summed E-state index contributed by atoms with van der Waals surface area (Å²) in [5.41, 5.74) is -4.28. The van der Waals surface area contributed by atoms with E-state index in [1.54, 1.807) is 0 Å². The second-order valence-electron chi connectivity index (χ2n) is 6.85. The van der Waals surface area contributed by atoms with Crippen molar-refractivity contribution in [3.63, 3.8) is 0 Å². The van der Waals surface area contributed by atoms with Gasteiger partial charge in [0.25, 0.3) is 0 Å². The second kappa shape index (κ2) is 7.50. The number of aliphatic carboxylic acids is 2. The molecule has 0 aromatic carbocycles. The zero-order chi connectivity index (χ0) is 19.7. The van der Waals surface area contributed by atoms with E-state index in [0.717, 1.165) is 0 Å². The van der Waals surface area contributed by atoms with Crippen LogP contribution in [0.1, 0.15) is 20.8 Å². The van der Waals surface area contributed by atoms with E-state index < -0.39 is 66.4 Å². The van der Waals surface area contributed by atoms with Gasteiger partial charge in [-0.2, -0.15) is 0 Å². The Hall–Kier alpha value is -1.34. The summed E-state index contributed by atoms with van der Waals surface area (Å²) in [7, 11) is 0. The van der Waals surface area contributed by atoms with Gasteiger partial charge in [0.1, 0.15) is 24.4 Å². The molecule has 0 aromatic heterocycles. The first-order valence-electron chi connectivity index (χ1n) is 7.43. The minimum atomic E-state index is -2.77. The lowest BCUT2D eigenvalue weighted by molar-refractivity contribution is -0.343. The van der Waals surface area contributed by atoms with E-state index in [1.165, 1.54) is 20.8 Å². The molecule has 0 aliphatic carbocycles. The molecule has 25 heavy (non-hydrogen) atoms. The monoisotopic (exact) mass is 368 g/mol. The van der Waals surface area contributed by atoms with Crippen molar-refractivity contribution in [3.05, 3.63) is 0 Å². The number of aliphatic hydroxyl groups is 5. The van der Waals surface area contributed by atoms with Crippen LogP contribution in [0, 0.1) is 5.41 Å². The lowest BCUT2D eigenvalue weighted by Gasteiger charge is -2.47. The van der Waals surface area contributed by atoms with Gasteiger partial charge in [0, 0.05) is 5.41 Å². The summed E-state index contributed by atoms with van der Waals surface area (Å²) >= 11 is 0. The van der Waals surface area contributed by atoms with E-state index in [1.807, 2.05) is 0 Å². The van der Waals surface area contributed by atoms with E-state index in [0.29, 0.717) is 0 Å². The molecular weight excluding hydrogens is 344 g/mol. The first kappa shape index (κ1) is 21.7. The largest absolute Gasteiger partial charge is 0.479 e. The highest BCUT2D eigenvalue weighted by molar-refractivity contribution is 5.88. The second-order valence-corrected chi connectivity index (χ2v) is 6.85. The maximum atomic E-state index is 11.8. The molecule has 11 heteroatoms. The summed E-state index contributed by atoms with van der Waals surface area (Å²) in [6.45, 7) is 3.08. The molecule has 146 valence electrons. The van der Waals surface area contributed by atoms with Crippen LogP contribution in [0.5, 0.6) is 0 Å². The van der Waals surface area contributed by atoms with Crippen LogP contribution in [0.3, 0.4) is 0 Å². The van der Waals surface area contributed by atoms with E-state index in [-0.39, 0.29) is 0 Å². The molecule has 1 aliphatic heterocycles. The summed E-state index contributed by atoms with van der Waals surface area (Å²) in [5, 5.41) is 67.3. The van der Waals surface area contributed by atoms with Crippen LogP contribution in [0.4, 0.5) is 0 Å². The van der Waals surface area contributed by atoms with Gasteiger partial charge < -0.3 is 45.2 Å². The first-order chi connectivity index (χ1) is 11.3. The fourth-order valence-corrected chi connectivity index (χ4v) is 2.66. The third-order valence-corrected chi connectivity index (χ3v) is 4.20. The van der Waals surface area contributed by atoms with Crippen molar-refractivity contribution >= 4 is 11.9 Å². The van der Waals surface area contributed by atoms with E-state index >= 15 is 0 Å². The van der Waals surface area contributed by atoms with Crippen LogP contribution in [0.25, 0.3) is 0 Å². The maximum Gasteiger partial charge on any atom is 0.340 e. The molecule has 1 heterocycles. The Labute approximate surface area is 143 Å². The van der Waals surface area contributed by atoms with Crippen LogP contribution in [-0.2, 0) is 19.1 Å². The molecule has 0 amide bonds. The number of carboxylic acid groups (broad SMARTS) is 2. The van der Waals surface area contributed by atoms with Gasteiger partial charge in [-0.3, -0.25) is 0 Å². The lowest BCUT2D eigenvalue weighted by atomic mass is 9.72. The average molecular weight is 368 g/mol. The summed E-state index contributed by atoms with van der Waals surface area (Å²) in [6.07, 6.45) is -11.4. The van der Waals surface area contributed by atoms with Gasteiger partial charge in [-0.25, -0.2) is 9.59 Å². The van der Waals surface area contributed by atoms with Crippen molar-refractivity contribution in [1.82, 2.24) is 0 Å². The van der Waals surface area contributed by atoms with Crippen molar-refractivity contribution in [2.45, 2.75) is 63.2 Å². The molecule has 0 bridgehead atoms. The van der Waals surface area contributed by atoms with Gasteiger partial charge in [-0.05, 0) is 0 Å². The molecule has 0 saturated carbocycles. The number of carbonyl (C=O) groups is 2. The molecule has 0 aromatic rings. The molecule has 1 aliphatic rings. The first-order valence-corrected chi connectivity index (χ1v) is 7.43. The van der Waals surface area contributed by atoms with Crippen LogP contribution in [0.2, 0.25) is 0 Å². The molecule has 7 atom stereocenters. The Balaban J connectivity index is 3.34. The third-order valence-electron chi connectivity index (χ3n) is 4.20. The van der Waals surface area contributed by atoms with Crippen LogP contribution >= 0.6 is 0 Å². The van der Waals surface area contributed by atoms with Gasteiger partial charge in [-0.15, -0.1) is 0 Å². The minimum absolute atomic E-state index is 0.790. The van der Waals surface area contributed by atoms with Crippen LogP contribution in [-0.4, -0.2) is 96.7 Å². The molecule has 2 unspecified atom stereocenters. The highest BCUT2D eigenvalue weighted by Gasteiger charge is 2.61. The standard InChI is InChI=1S/C14H24O11/c1-13(2,3)14(12(22)23,9(19)10(20)21)25-11-8(18)7(17)6(16)5(4-15)24-11/h5-9,11,15-19H,4H2,1-3H3,(H,20,21)(H,22,23)/t5-,6-,7+,8-,9?,11+,14?/m1/s1. The number of rotatable bonds is 6. The Morgan fingerprint density at radius 2 is 1.60 bits per heavy atom. The smallest absolute Gasteiger partial charge is 0.340 e. The SMILES string of the molecule is CC(C)(C)C(O[C@@H]1O[C@H](CO)[C@@H](O)[C@H](O)[C@H]1O)(C(=O)O)C(O)C(=O)O.